The molecule has 0 spiro atoms. The lowest BCUT2D eigenvalue weighted by atomic mass is 10.1. The Labute approximate surface area is 138 Å². The summed E-state index contributed by atoms with van der Waals surface area (Å²) in [6, 6.07) is 15.7. The molecule has 1 aliphatic carbocycles. The van der Waals surface area contributed by atoms with Gasteiger partial charge >= 0.3 is 0 Å². The van der Waals surface area contributed by atoms with Crippen LogP contribution in [0.5, 0.6) is 5.75 Å². The van der Waals surface area contributed by atoms with Crippen molar-refractivity contribution >= 4 is 17.6 Å². The Bertz CT molecular complexity index is 817. The Balaban J connectivity index is 1.55. The summed E-state index contributed by atoms with van der Waals surface area (Å²) in [6.45, 7) is 0. The molecule has 0 unspecified atom stereocenters. The molecule has 2 aromatic carbocycles. The minimum absolute atomic E-state index is 0.421. The summed E-state index contributed by atoms with van der Waals surface area (Å²) in [6.07, 6.45) is 5.50. The van der Waals surface area contributed by atoms with Gasteiger partial charge in [0.2, 0.25) is 0 Å². The van der Waals surface area contributed by atoms with E-state index in [4.69, 9.17) is 4.74 Å². The van der Waals surface area contributed by atoms with Gasteiger partial charge in [0, 0.05) is 17.3 Å². The number of rotatable bonds is 5. The van der Waals surface area contributed by atoms with E-state index in [2.05, 4.69) is 17.1 Å². The highest BCUT2D eigenvalue weighted by molar-refractivity contribution is 7.18. The zero-order chi connectivity index (χ0) is 15.6. The van der Waals surface area contributed by atoms with Crippen molar-refractivity contribution in [2.24, 2.45) is 0 Å². The minimum Gasteiger partial charge on any atom is -0.490 e. The lowest BCUT2D eigenvalue weighted by molar-refractivity contribution is 0.112. The first-order chi connectivity index (χ1) is 11.3. The van der Waals surface area contributed by atoms with E-state index in [0.717, 1.165) is 33.0 Å². The molecule has 0 saturated heterocycles. The van der Waals surface area contributed by atoms with Gasteiger partial charge in [0.25, 0.3) is 0 Å². The molecule has 1 fully saturated rings. The molecular formula is C19H15NO2S. The van der Waals surface area contributed by atoms with Crippen molar-refractivity contribution in [3.8, 4) is 26.8 Å². The second kappa shape index (κ2) is 5.97. The van der Waals surface area contributed by atoms with Gasteiger partial charge < -0.3 is 4.74 Å². The second-order valence-electron chi connectivity index (χ2n) is 5.61. The predicted molar refractivity (Wildman–Crippen MR) is 92.0 cm³/mol. The topological polar surface area (TPSA) is 39.2 Å². The molecule has 0 amide bonds. The Kier molecular flexibility index (Phi) is 3.67. The summed E-state index contributed by atoms with van der Waals surface area (Å²) < 4.78 is 5.77. The van der Waals surface area contributed by atoms with Gasteiger partial charge in [-0.1, -0.05) is 24.3 Å². The zero-order valence-electron chi connectivity index (χ0n) is 12.4. The molecule has 4 rings (SSSR count). The predicted octanol–water partition coefficient (Wildman–Crippen LogP) is 4.83. The normalized spacial score (nSPS) is 13.7. The van der Waals surface area contributed by atoms with Crippen LogP contribution in [0.3, 0.4) is 0 Å². The maximum absolute atomic E-state index is 10.7. The number of thiazole rings is 1. The van der Waals surface area contributed by atoms with Crippen LogP contribution >= 0.6 is 11.3 Å². The van der Waals surface area contributed by atoms with Crippen molar-refractivity contribution in [1.29, 1.82) is 0 Å². The van der Waals surface area contributed by atoms with Crippen LogP contribution in [0, 0.1) is 0 Å². The van der Waals surface area contributed by atoms with Crippen LogP contribution in [0.1, 0.15) is 23.2 Å². The van der Waals surface area contributed by atoms with Crippen LogP contribution in [0.4, 0.5) is 0 Å². The zero-order valence-corrected chi connectivity index (χ0v) is 13.3. The fourth-order valence-electron chi connectivity index (χ4n) is 2.32. The minimum atomic E-state index is 0.421. The van der Waals surface area contributed by atoms with Gasteiger partial charge in [-0.05, 0) is 42.7 Å². The Hall–Kier alpha value is -2.46. The highest BCUT2D eigenvalue weighted by atomic mass is 32.1. The number of nitrogens with zero attached hydrogens (tertiary/aromatic N) is 1. The highest BCUT2D eigenvalue weighted by Gasteiger charge is 2.23. The Morgan fingerprint density at radius 3 is 2.35 bits per heavy atom. The number of carbonyl (C=O) groups excluding carboxylic acids is 1. The maximum atomic E-state index is 10.7. The SMILES string of the molecule is O=Cc1ccc(-c2ncc(-c3ccc(OC4CC4)cc3)s2)cc1. The molecule has 114 valence electrons. The van der Waals surface area contributed by atoms with Crippen molar-refractivity contribution in [2.75, 3.05) is 0 Å². The third-order valence-electron chi connectivity index (χ3n) is 3.77. The first-order valence-corrected chi connectivity index (χ1v) is 8.42. The van der Waals surface area contributed by atoms with Crippen molar-refractivity contribution in [3.05, 3.63) is 60.3 Å². The van der Waals surface area contributed by atoms with E-state index in [9.17, 15) is 4.79 Å². The third-order valence-corrected chi connectivity index (χ3v) is 4.86. The highest BCUT2D eigenvalue weighted by Crippen LogP contribution is 2.33. The van der Waals surface area contributed by atoms with E-state index in [1.807, 2.05) is 42.6 Å². The van der Waals surface area contributed by atoms with Crippen molar-refractivity contribution in [1.82, 2.24) is 4.98 Å². The largest absolute Gasteiger partial charge is 0.490 e. The molecule has 0 radical (unpaired) electrons. The van der Waals surface area contributed by atoms with E-state index in [0.29, 0.717) is 11.7 Å². The van der Waals surface area contributed by atoms with Gasteiger partial charge in [0.1, 0.15) is 17.0 Å². The van der Waals surface area contributed by atoms with Crippen molar-refractivity contribution in [2.45, 2.75) is 18.9 Å². The van der Waals surface area contributed by atoms with Crippen LogP contribution in [-0.2, 0) is 0 Å². The monoisotopic (exact) mass is 321 g/mol. The van der Waals surface area contributed by atoms with Gasteiger partial charge in [0.15, 0.2) is 0 Å². The molecule has 1 heterocycles. The summed E-state index contributed by atoms with van der Waals surface area (Å²) in [5.74, 6) is 0.936. The van der Waals surface area contributed by atoms with Gasteiger partial charge in [-0.2, -0.15) is 0 Å². The fourth-order valence-corrected chi connectivity index (χ4v) is 3.25. The lowest BCUT2D eigenvalue weighted by Crippen LogP contribution is -1.94. The molecule has 0 N–H and O–H groups in total. The van der Waals surface area contributed by atoms with Crippen LogP contribution < -0.4 is 4.74 Å². The quantitative estimate of drug-likeness (QED) is 0.632. The second-order valence-corrected chi connectivity index (χ2v) is 6.64. The lowest BCUT2D eigenvalue weighted by Gasteiger charge is -2.04. The molecule has 0 atom stereocenters. The van der Waals surface area contributed by atoms with E-state index in [1.165, 1.54) is 12.8 Å². The molecular weight excluding hydrogens is 306 g/mol. The van der Waals surface area contributed by atoms with Gasteiger partial charge in [0.05, 0.1) is 11.0 Å². The summed E-state index contributed by atoms with van der Waals surface area (Å²) in [7, 11) is 0. The number of ether oxygens (including phenoxy) is 1. The summed E-state index contributed by atoms with van der Waals surface area (Å²) in [5, 5.41) is 0.954. The first kappa shape index (κ1) is 14.2. The van der Waals surface area contributed by atoms with E-state index >= 15 is 0 Å². The first-order valence-electron chi connectivity index (χ1n) is 7.60. The standard InChI is InChI=1S/C19H15NO2S/c21-12-13-1-3-15(4-2-13)19-20-11-18(23-19)14-5-7-16(8-6-14)22-17-9-10-17/h1-8,11-12,17H,9-10H2. The van der Waals surface area contributed by atoms with Gasteiger partial charge in [-0.3, -0.25) is 4.79 Å². The number of hydrogen-bond donors (Lipinski definition) is 0. The van der Waals surface area contributed by atoms with E-state index in [-0.39, 0.29) is 0 Å². The summed E-state index contributed by atoms with van der Waals surface area (Å²) in [4.78, 5) is 16.3. The fraction of sp³-hybridized carbons (Fsp3) is 0.158. The van der Waals surface area contributed by atoms with Crippen LogP contribution in [0.2, 0.25) is 0 Å². The number of aromatic nitrogens is 1. The maximum Gasteiger partial charge on any atom is 0.150 e. The molecule has 23 heavy (non-hydrogen) atoms. The van der Waals surface area contributed by atoms with E-state index < -0.39 is 0 Å². The average Bonchev–Trinajstić information content (AvgIpc) is 3.28. The van der Waals surface area contributed by atoms with Gasteiger partial charge in [-0.15, -0.1) is 11.3 Å². The molecule has 4 heteroatoms. The number of hydrogen-bond acceptors (Lipinski definition) is 4. The average molecular weight is 321 g/mol. The molecule has 3 aromatic rings. The molecule has 1 saturated carbocycles. The summed E-state index contributed by atoms with van der Waals surface area (Å²) in [5.41, 5.74) is 2.85. The molecule has 0 aliphatic heterocycles. The third kappa shape index (κ3) is 3.17. The van der Waals surface area contributed by atoms with Crippen molar-refractivity contribution in [3.63, 3.8) is 0 Å². The smallest absolute Gasteiger partial charge is 0.150 e. The molecule has 0 bridgehead atoms. The van der Waals surface area contributed by atoms with Crippen LogP contribution in [0.15, 0.2) is 54.7 Å². The Morgan fingerprint density at radius 1 is 1.00 bits per heavy atom. The summed E-state index contributed by atoms with van der Waals surface area (Å²) >= 11 is 1.64. The van der Waals surface area contributed by atoms with Crippen molar-refractivity contribution < 1.29 is 9.53 Å². The number of carbonyl (C=O) groups is 1. The number of benzene rings is 2. The Morgan fingerprint density at radius 2 is 1.70 bits per heavy atom. The molecule has 1 aromatic heterocycles. The van der Waals surface area contributed by atoms with E-state index in [1.54, 1.807) is 11.3 Å². The molecule has 3 nitrogen and oxygen atoms in total. The van der Waals surface area contributed by atoms with Crippen LogP contribution in [-0.4, -0.2) is 17.4 Å². The molecule has 1 aliphatic rings. The number of aldehydes is 1. The van der Waals surface area contributed by atoms with Crippen LogP contribution in [0.25, 0.3) is 21.0 Å². The van der Waals surface area contributed by atoms with Gasteiger partial charge in [-0.25, -0.2) is 4.98 Å².